The van der Waals surface area contributed by atoms with E-state index < -0.39 is 0 Å². The van der Waals surface area contributed by atoms with Crippen molar-refractivity contribution in [3.8, 4) is 0 Å². The Hall–Kier alpha value is -0.0800. The first-order valence-corrected chi connectivity index (χ1v) is 5.98. The van der Waals surface area contributed by atoms with Crippen LogP contribution in [-0.2, 0) is 0 Å². The summed E-state index contributed by atoms with van der Waals surface area (Å²) in [7, 11) is 2.15. The van der Waals surface area contributed by atoms with E-state index in [1.807, 2.05) is 0 Å². The lowest BCUT2D eigenvalue weighted by atomic mass is 9.77. The summed E-state index contributed by atoms with van der Waals surface area (Å²) in [6.45, 7) is 5.78. The molecule has 0 amide bonds. The molecule has 1 aliphatic carbocycles. The molecule has 0 radical (unpaired) electrons. The van der Waals surface area contributed by atoms with Crippen molar-refractivity contribution >= 4 is 0 Å². The first-order chi connectivity index (χ1) is 6.66. The zero-order valence-corrected chi connectivity index (χ0v) is 9.87. The van der Waals surface area contributed by atoms with Gasteiger partial charge in [0.05, 0.1) is 6.61 Å². The molecule has 2 heteroatoms. The Morgan fingerprint density at radius 3 is 2.50 bits per heavy atom. The van der Waals surface area contributed by atoms with Gasteiger partial charge in [-0.2, -0.15) is 0 Å². The molecule has 2 nitrogen and oxygen atoms in total. The number of nitrogens with zero attached hydrogens (tertiary/aromatic N) is 1. The molecular weight excluding hydrogens is 174 g/mol. The van der Waals surface area contributed by atoms with Crippen LogP contribution in [0.5, 0.6) is 0 Å². The number of aliphatic hydroxyl groups excluding tert-OH is 1. The number of hydrogen-bond acceptors (Lipinski definition) is 2. The van der Waals surface area contributed by atoms with Gasteiger partial charge in [-0.15, -0.1) is 0 Å². The second kappa shape index (κ2) is 5.72. The van der Waals surface area contributed by atoms with Gasteiger partial charge in [0.1, 0.15) is 0 Å². The van der Waals surface area contributed by atoms with Crippen LogP contribution in [0.3, 0.4) is 0 Å². The van der Waals surface area contributed by atoms with E-state index in [1.54, 1.807) is 0 Å². The van der Waals surface area contributed by atoms with Crippen molar-refractivity contribution < 1.29 is 5.11 Å². The molecule has 2 atom stereocenters. The van der Waals surface area contributed by atoms with Crippen LogP contribution in [0.1, 0.15) is 39.5 Å². The second-order valence-corrected chi connectivity index (χ2v) is 4.96. The molecule has 2 unspecified atom stereocenters. The lowest BCUT2D eigenvalue weighted by Crippen LogP contribution is -2.43. The normalized spacial score (nSPS) is 28.7. The van der Waals surface area contributed by atoms with E-state index in [2.05, 4.69) is 25.8 Å². The molecular formula is C12H25NO. The minimum Gasteiger partial charge on any atom is -0.395 e. The van der Waals surface area contributed by atoms with E-state index in [-0.39, 0.29) is 6.61 Å². The van der Waals surface area contributed by atoms with E-state index in [4.69, 9.17) is 5.11 Å². The highest BCUT2D eigenvalue weighted by atomic mass is 16.3. The van der Waals surface area contributed by atoms with Gasteiger partial charge in [-0.25, -0.2) is 0 Å². The van der Waals surface area contributed by atoms with Gasteiger partial charge in [0.25, 0.3) is 0 Å². The predicted octanol–water partition coefficient (Wildman–Crippen LogP) is 2.13. The van der Waals surface area contributed by atoms with Gasteiger partial charge in [0, 0.05) is 12.6 Å². The van der Waals surface area contributed by atoms with Gasteiger partial charge in [0.15, 0.2) is 0 Å². The van der Waals surface area contributed by atoms with Crippen LogP contribution in [0, 0.1) is 11.8 Å². The third-order valence-electron chi connectivity index (χ3n) is 3.66. The minimum absolute atomic E-state index is 0.289. The fourth-order valence-electron chi connectivity index (χ4n) is 2.79. The molecule has 0 aromatic heterocycles. The number of likely N-dealkylation sites (N-methyl/N-ethyl adjacent to an activating group) is 1. The van der Waals surface area contributed by atoms with Crippen molar-refractivity contribution in [1.82, 2.24) is 4.90 Å². The van der Waals surface area contributed by atoms with Crippen molar-refractivity contribution in [3.05, 3.63) is 0 Å². The van der Waals surface area contributed by atoms with E-state index in [1.165, 1.54) is 25.7 Å². The standard InChI is InChI=1S/C12H25NO/c1-10(2)11-6-4-5-7-12(11)13(3)8-9-14/h10-12,14H,4-9H2,1-3H3. The molecule has 0 spiro atoms. The van der Waals surface area contributed by atoms with Crippen molar-refractivity contribution in [2.45, 2.75) is 45.6 Å². The Kier molecular flexibility index (Phi) is 4.90. The molecule has 1 aliphatic rings. The first kappa shape index (κ1) is 12.0. The van der Waals surface area contributed by atoms with Gasteiger partial charge in [0.2, 0.25) is 0 Å². The van der Waals surface area contributed by atoms with E-state index in [9.17, 15) is 0 Å². The van der Waals surface area contributed by atoms with Crippen molar-refractivity contribution in [2.75, 3.05) is 20.2 Å². The molecule has 84 valence electrons. The number of aliphatic hydroxyl groups is 1. The van der Waals surface area contributed by atoms with Crippen LogP contribution in [0.2, 0.25) is 0 Å². The zero-order valence-electron chi connectivity index (χ0n) is 9.87. The average Bonchev–Trinajstić information content (AvgIpc) is 2.18. The van der Waals surface area contributed by atoms with Crippen molar-refractivity contribution in [2.24, 2.45) is 11.8 Å². The Balaban J connectivity index is 2.53. The van der Waals surface area contributed by atoms with Crippen LogP contribution in [0.25, 0.3) is 0 Å². The average molecular weight is 199 g/mol. The summed E-state index contributed by atoms with van der Waals surface area (Å²) >= 11 is 0. The molecule has 1 fully saturated rings. The van der Waals surface area contributed by atoms with E-state index in [0.717, 1.165) is 18.4 Å². The molecule has 0 aromatic carbocycles. The van der Waals surface area contributed by atoms with Crippen LogP contribution in [-0.4, -0.2) is 36.2 Å². The summed E-state index contributed by atoms with van der Waals surface area (Å²) in [5.74, 6) is 1.61. The molecule has 1 saturated carbocycles. The quantitative estimate of drug-likeness (QED) is 0.749. The molecule has 0 aliphatic heterocycles. The maximum atomic E-state index is 8.95. The molecule has 14 heavy (non-hydrogen) atoms. The zero-order chi connectivity index (χ0) is 10.6. The van der Waals surface area contributed by atoms with Gasteiger partial charge >= 0.3 is 0 Å². The summed E-state index contributed by atoms with van der Waals surface area (Å²) in [6, 6.07) is 0.705. The minimum atomic E-state index is 0.289. The smallest absolute Gasteiger partial charge is 0.0558 e. The van der Waals surface area contributed by atoms with Crippen LogP contribution < -0.4 is 0 Å². The maximum Gasteiger partial charge on any atom is 0.0558 e. The van der Waals surface area contributed by atoms with Crippen molar-refractivity contribution in [1.29, 1.82) is 0 Å². The SMILES string of the molecule is CC(C)C1CCCCC1N(C)CCO. The molecule has 0 saturated heterocycles. The fourth-order valence-corrected chi connectivity index (χ4v) is 2.79. The Labute approximate surface area is 88.3 Å². The Morgan fingerprint density at radius 2 is 1.93 bits per heavy atom. The highest BCUT2D eigenvalue weighted by Gasteiger charge is 2.29. The third kappa shape index (κ3) is 2.96. The lowest BCUT2D eigenvalue weighted by Gasteiger charge is -2.40. The number of rotatable bonds is 4. The Bertz CT molecular complexity index is 158. The molecule has 1 N–H and O–H groups in total. The third-order valence-corrected chi connectivity index (χ3v) is 3.66. The second-order valence-electron chi connectivity index (χ2n) is 4.96. The van der Waals surface area contributed by atoms with Gasteiger partial charge in [-0.05, 0) is 31.7 Å². The van der Waals surface area contributed by atoms with Gasteiger partial charge < -0.3 is 10.0 Å². The van der Waals surface area contributed by atoms with Crippen LogP contribution in [0.15, 0.2) is 0 Å². The highest BCUT2D eigenvalue weighted by molar-refractivity contribution is 4.83. The summed E-state index contributed by atoms with van der Waals surface area (Å²) < 4.78 is 0. The fraction of sp³-hybridized carbons (Fsp3) is 1.00. The summed E-state index contributed by atoms with van der Waals surface area (Å²) in [5, 5.41) is 8.95. The summed E-state index contributed by atoms with van der Waals surface area (Å²) in [4.78, 5) is 2.35. The molecule has 0 bridgehead atoms. The molecule has 1 rings (SSSR count). The largest absolute Gasteiger partial charge is 0.395 e. The van der Waals surface area contributed by atoms with Crippen molar-refractivity contribution in [3.63, 3.8) is 0 Å². The first-order valence-electron chi connectivity index (χ1n) is 5.98. The maximum absolute atomic E-state index is 8.95. The summed E-state index contributed by atoms with van der Waals surface area (Å²) in [5.41, 5.74) is 0. The predicted molar refractivity (Wildman–Crippen MR) is 60.3 cm³/mol. The van der Waals surface area contributed by atoms with Crippen LogP contribution in [0.4, 0.5) is 0 Å². The molecule has 0 aromatic rings. The van der Waals surface area contributed by atoms with Crippen LogP contribution >= 0.6 is 0 Å². The van der Waals surface area contributed by atoms with E-state index >= 15 is 0 Å². The highest BCUT2D eigenvalue weighted by Crippen LogP contribution is 2.32. The monoisotopic (exact) mass is 199 g/mol. The van der Waals surface area contributed by atoms with Gasteiger partial charge in [-0.3, -0.25) is 0 Å². The lowest BCUT2D eigenvalue weighted by molar-refractivity contribution is 0.0843. The van der Waals surface area contributed by atoms with E-state index in [0.29, 0.717) is 6.04 Å². The Morgan fingerprint density at radius 1 is 1.29 bits per heavy atom. The summed E-state index contributed by atoms with van der Waals surface area (Å²) in [6.07, 6.45) is 5.45. The van der Waals surface area contributed by atoms with Gasteiger partial charge in [-0.1, -0.05) is 26.7 Å². The molecule has 0 heterocycles. The number of hydrogen-bond donors (Lipinski definition) is 1. The topological polar surface area (TPSA) is 23.5 Å².